The molecule has 1 aliphatic rings. The molecule has 1 atom stereocenters. The summed E-state index contributed by atoms with van der Waals surface area (Å²) in [5, 5.41) is 9.54. The van der Waals surface area contributed by atoms with Crippen molar-refractivity contribution in [1.29, 1.82) is 5.26 Å². The van der Waals surface area contributed by atoms with Gasteiger partial charge < -0.3 is 4.90 Å². The number of hydrogen-bond donors (Lipinski definition) is 1. The number of unbranched alkanes of at least 4 members (excludes halogenated alkanes) is 1. The van der Waals surface area contributed by atoms with E-state index in [1.54, 1.807) is 6.07 Å². The zero-order valence-corrected chi connectivity index (χ0v) is 16.0. The molecular formula is C18H24ClN3O2S. The highest BCUT2D eigenvalue weighted by Crippen LogP contribution is 2.37. The molecular weight excluding hydrogens is 358 g/mol. The lowest BCUT2D eigenvalue weighted by molar-refractivity contribution is 0.430. The molecule has 0 aliphatic carbocycles. The fourth-order valence-electron chi connectivity index (χ4n) is 3.28. The number of nitrogens with one attached hydrogen (secondary N) is 1. The monoisotopic (exact) mass is 381 g/mol. The third kappa shape index (κ3) is 5.38. The Hall–Kier alpha value is -1.71. The minimum absolute atomic E-state index is 0.261. The van der Waals surface area contributed by atoms with Crippen molar-refractivity contribution in [2.75, 3.05) is 22.4 Å². The van der Waals surface area contributed by atoms with Crippen molar-refractivity contribution in [3.05, 3.63) is 35.4 Å². The predicted molar refractivity (Wildman–Crippen MR) is 104 cm³/mol. The topological polar surface area (TPSA) is 73.2 Å². The molecule has 0 saturated carbocycles. The Morgan fingerprint density at radius 1 is 1.48 bits per heavy atom. The minimum atomic E-state index is -3.46. The summed E-state index contributed by atoms with van der Waals surface area (Å²) in [7, 11) is -3.46. The third-order valence-electron chi connectivity index (χ3n) is 4.38. The van der Waals surface area contributed by atoms with Crippen LogP contribution in [0.25, 0.3) is 0 Å². The van der Waals surface area contributed by atoms with Gasteiger partial charge in [0.2, 0.25) is 10.0 Å². The van der Waals surface area contributed by atoms with Crippen LogP contribution in [-0.2, 0) is 10.0 Å². The van der Waals surface area contributed by atoms with Gasteiger partial charge in [-0.25, -0.2) is 8.42 Å². The standard InChI is InChI=1S/C18H24ClN3O2S/c1-3-4-5-8-15-9-6-7-10-22(15)18-12-16(19)14(13-20)11-17(18)21-25(2,23)24/h3,11-12,15,21H,1,4-10H2,2H3/t15-/m1/s1. The van der Waals surface area contributed by atoms with Crippen molar-refractivity contribution in [3.8, 4) is 6.07 Å². The molecule has 1 aromatic rings. The van der Waals surface area contributed by atoms with Crippen LogP contribution in [-0.4, -0.2) is 27.3 Å². The van der Waals surface area contributed by atoms with Crippen molar-refractivity contribution in [2.24, 2.45) is 0 Å². The first-order valence-corrected chi connectivity index (χ1v) is 10.7. The summed E-state index contributed by atoms with van der Waals surface area (Å²) in [6.07, 6.45) is 9.32. The van der Waals surface area contributed by atoms with E-state index in [4.69, 9.17) is 11.6 Å². The lowest BCUT2D eigenvalue weighted by Crippen LogP contribution is -2.40. The molecule has 5 nitrogen and oxygen atoms in total. The van der Waals surface area contributed by atoms with Gasteiger partial charge in [-0.2, -0.15) is 5.26 Å². The maximum Gasteiger partial charge on any atom is 0.229 e. The first kappa shape index (κ1) is 19.6. The summed E-state index contributed by atoms with van der Waals surface area (Å²) in [6, 6.07) is 5.57. The van der Waals surface area contributed by atoms with Gasteiger partial charge in [0.15, 0.2) is 0 Å². The summed E-state index contributed by atoms with van der Waals surface area (Å²) >= 11 is 6.23. The van der Waals surface area contributed by atoms with Gasteiger partial charge in [0, 0.05) is 12.6 Å². The van der Waals surface area contributed by atoms with E-state index in [1.807, 2.05) is 12.1 Å². The highest BCUT2D eigenvalue weighted by molar-refractivity contribution is 7.92. The van der Waals surface area contributed by atoms with Crippen LogP contribution in [0.2, 0.25) is 5.02 Å². The quantitative estimate of drug-likeness (QED) is 0.564. The number of allylic oxidation sites excluding steroid dienone is 1. The Labute approximate surface area is 155 Å². The molecule has 1 saturated heterocycles. The van der Waals surface area contributed by atoms with Gasteiger partial charge in [-0.1, -0.05) is 17.7 Å². The van der Waals surface area contributed by atoms with Crippen LogP contribution in [0.5, 0.6) is 0 Å². The molecule has 2 rings (SSSR count). The van der Waals surface area contributed by atoms with Gasteiger partial charge in [0.1, 0.15) is 6.07 Å². The van der Waals surface area contributed by atoms with E-state index in [-0.39, 0.29) is 5.56 Å². The minimum Gasteiger partial charge on any atom is -0.367 e. The van der Waals surface area contributed by atoms with E-state index in [0.29, 0.717) is 16.8 Å². The second kappa shape index (κ2) is 8.59. The van der Waals surface area contributed by atoms with Crippen LogP contribution in [0.15, 0.2) is 24.8 Å². The van der Waals surface area contributed by atoms with Gasteiger partial charge >= 0.3 is 0 Å². The highest BCUT2D eigenvalue weighted by Gasteiger charge is 2.26. The van der Waals surface area contributed by atoms with Crippen molar-refractivity contribution < 1.29 is 8.42 Å². The normalized spacial score (nSPS) is 17.8. The van der Waals surface area contributed by atoms with Crippen LogP contribution in [0.1, 0.15) is 44.1 Å². The average molecular weight is 382 g/mol. The van der Waals surface area contributed by atoms with Crippen molar-refractivity contribution in [3.63, 3.8) is 0 Å². The lowest BCUT2D eigenvalue weighted by atomic mass is 9.96. The highest BCUT2D eigenvalue weighted by atomic mass is 35.5. The van der Waals surface area contributed by atoms with E-state index >= 15 is 0 Å². The van der Waals surface area contributed by atoms with E-state index < -0.39 is 10.0 Å². The molecule has 1 fully saturated rings. The van der Waals surface area contributed by atoms with Crippen molar-refractivity contribution >= 4 is 33.0 Å². The molecule has 0 aromatic heterocycles. The fourth-order valence-corrected chi connectivity index (χ4v) is 4.05. The molecule has 1 aromatic carbocycles. The number of hydrogen-bond acceptors (Lipinski definition) is 4. The van der Waals surface area contributed by atoms with Crippen LogP contribution in [0.3, 0.4) is 0 Å². The number of nitriles is 1. The third-order valence-corrected chi connectivity index (χ3v) is 5.29. The zero-order valence-electron chi connectivity index (χ0n) is 14.5. The van der Waals surface area contributed by atoms with Gasteiger partial charge in [-0.3, -0.25) is 4.72 Å². The van der Waals surface area contributed by atoms with Crippen molar-refractivity contribution in [1.82, 2.24) is 0 Å². The van der Waals surface area contributed by atoms with Gasteiger partial charge in [-0.05, 0) is 50.7 Å². The number of sulfonamides is 1. The molecule has 25 heavy (non-hydrogen) atoms. The first-order valence-electron chi connectivity index (χ1n) is 8.44. The summed E-state index contributed by atoms with van der Waals surface area (Å²) in [6.45, 7) is 4.61. The molecule has 0 bridgehead atoms. The van der Waals surface area contributed by atoms with Crippen LogP contribution in [0.4, 0.5) is 11.4 Å². The van der Waals surface area contributed by atoms with Gasteiger partial charge in [0.25, 0.3) is 0 Å². The smallest absolute Gasteiger partial charge is 0.229 e. The van der Waals surface area contributed by atoms with Crippen LogP contribution in [0, 0.1) is 11.3 Å². The molecule has 0 spiro atoms. The lowest BCUT2D eigenvalue weighted by Gasteiger charge is -2.39. The molecule has 1 heterocycles. The zero-order chi connectivity index (χ0) is 18.4. The first-order chi connectivity index (χ1) is 11.9. The maximum atomic E-state index is 11.8. The van der Waals surface area contributed by atoms with E-state index in [2.05, 4.69) is 16.2 Å². The number of rotatable bonds is 7. The largest absolute Gasteiger partial charge is 0.367 e. The van der Waals surface area contributed by atoms with Crippen molar-refractivity contribution in [2.45, 2.75) is 44.6 Å². The molecule has 1 N–H and O–H groups in total. The molecule has 1 aliphatic heterocycles. The van der Waals surface area contributed by atoms with E-state index in [9.17, 15) is 13.7 Å². The SMILES string of the molecule is C=CCCC[C@@H]1CCCCN1c1cc(Cl)c(C#N)cc1NS(C)(=O)=O. The van der Waals surface area contributed by atoms with Gasteiger partial charge in [0.05, 0.1) is 28.2 Å². The van der Waals surface area contributed by atoms with E-state index in [1.165, 1.54) is 6.07 Å². The maximum absolute atomic E-state index is 11.8. The Kier molecular flexibility index (Phi) is 6.74. The van der Waals surface area contributed by atoms with Crippen LogP contribution < -0.4 is 9.62 Å². The second-order valence-electron chi connectivity index (χ2n) is 6.40. The Morgan fingerprint density at radius 2 is 2.24 bits per heavy atom. The Balaban J connectivity index is 2.41. The Bertz CT molecular complexity index is 771. The Morgan fingerprint density at radius 3 is 2.88 bits per heavy atom. The van der Waals surface area contributed by atoms with Gasteiger partial charge in [-0.15, -0.1) is 6.58 Å². The number of halogens is 1. The number of benzene rings is 1. The molecule has 7 heteroatoms. The molecule has 136 valence electrons. The van der Waals surface area contributed by atoms with E-state index in [0.717, 1.165) is 57.0 Å². The molecule has 0 radical (unpaired) electrons. The van der Waals surface area contributed by atoms with Crippen LogP contribution >= 0.6 is 11.6 Å². The molecule has 0 unspecified atom stereocenters. The number of nitrogens with zero attached hydrogens (tertiary/aromatic N) is 2. The number of anilines is 2. The molecule has 0 amide bonds. The predicted octanol–water partition coefficient (Wildman–Crippen LogP) is 4.30. The second-order valence-corrected chi connectivity index (χ2v) is 8.55. The summed E-state index contributed by atoms with van der Waals surface area (Å²) < 4.78 is 26.1. The summed E-state index contributed by atoms with van der Waals surface area (Å²) in [5.41, 5.74) is 1.42. The number of piperidine rings is 1. The summed E-state index contributed by atoms with van der Waals surface area (Å²) in [5.74, 6) is 0. The average Bonchev–Trinajstić information content (AvgIpc) is 2.55. The fraction of sp³-hybridized carbons (Fsp3) is 0.500. The summed E-state index contributed by atoms with van der Waals surface area (Å²) in [4.78, 5) is 2.23.